The summed E-state index contributed by atoms with van der Waals surface area (Å²) < 4.78 is 4.11. The van der Waals surface area contributed by atoms with Crippen LogP contribution in [0.3, 0.4) is 0 Å². The molecule has 126 valence electrons. The molecular formula is C15H16N4O5. The van der Waals surface area contributed by atoms with Gasteiger partial charge in [0.2, 0.25) is 12.3 Å². The molecule has 1 aromatic rings. The fourth-order valence-corrected chi connectivity index (χ4v) is 1.17. The molecule has 0 aromatic heterocycles. The van der Waals surface area contributed by atoms with E-state index in [1.54, 1.807) is 6.11 Å². The topological polar surface area (TPSA) is 160 Å². The van der Waals surface area contributed by atoms with E-state index in [0.29, 0.717) is 17.7 Å². The zero-order chi connectivity index (χ0) is 18.6. The Morgan fingerprint density at radius 2 is 1.83 bits per heavy atom. The maximum Gasteiger partial charge on any atom is 0.324 e. The molecule has 0 aliphatic heterocycles. The molecule has 1 rings (SSSR count). The van der Waals surface area contributed by atoms with Gasteiger partial charge in [0, 0.05) is 5.56 Å². The standard InChI is InChI=1S/C8H8N2O3.C7H8N2O2/c9-8(12)6-1-3-7(4-2-6)13-10-5-11;1-3-7(8,9)5-6(10)11-4-2/h1-5H,(H2,9,12)(H,10,11);1-2H,5,8-9H2. The molecule has 24 heavy (non-hydrogen) atoms. The van der Waals surface area contributed by atoms with Crippen LogP contribution in [-0.4, -0.2) is 23.9 Å². The maximum atomic E-state index is 10.6. The lowest BCUT2D eigenvalue weighted by Crippen LogP contribution is -2.49. The van der Waals surface area contributed by atoms with Crippen LogP contribution in [0, 0.1) is 24.9 Å². The van der Waals surface area contributed by atoms with Crippen LogP contribution >= 0.6 is 0 Å². The number of primary amides is 1. The minimum absolute atomic E-state index is 0.298. The predicted molar refractivity (Wildman–Crippen MR) is 84.3 cm³/mol. The quantitative estimate of drug-likeness (QED) is 0.163. The van der Waals surface area contributed by atoms with Gasteiger partial charge >= 0.3 is 5.97 Å². The second kappa shape index (κ2) is 10.2. The highest BCUT2D eigenvalue weighted by atomic mass is 16.7. The first-order valence-corrected chi connectivity index (χ1v) is 6.22. The first-order valence-electron chi connectivity index (χ1n) is 6.22. The van der Waals surface area contributed by atoms with Crippen molar-refractivity contribution in [2.45, 2.75) is 12.1 Å². The number of ether oxygens (including phenoxy) is 1. The number of rotatable bonds is 6. The van der Waals surface area contributed by atoms with Crippen molar-refractivity contribution in [2.75, 3.05) is 0 Å². The van der Waals surface area contributed by atoms with Gasteiger partial charge in [0.1, 0.15) is 11.8 Å². The number of benzene rings is 1. The van der Waals surface area contributed by atoms with Crippen molar-refractivity contribution in [1.29, 1.82) is 0 Å². The molecule has 0 atom stereocenters. The number of esters is 1. The first-order chi connectivity index (χ1) is 11.3. The molecule has 0 saturated carbocycles. The fourth-order valence-electron chi connectivity index (χ4n) is 1.17. The summed E-state index contributed by atoms with van der Waals surface area (Å²) in [7, 11) is 0. The summed E-state index contributed by atoms with van der Waals surface area (Å²) in [4.78, 5) is 35.8. The Bertz CT molecular complexity index is 656. The van der Waals surface area contributed by atoms with Gasteiger partial charge in [-0.3, -0.25) is 14.4 Å². The van der Waals surface area contributed by atoms with Crippen molar-refractivity contribution in [1.82, 2.24) is 5.48 Å². The summed E-state index contributed by atoms with van der Waals surface area (Å²) in [6.07, 6.45) is 11.3. The van der Waals surface area contributed by atoms with Crippen LogP contribution in [0.15, 0.2) is 24.3 Å². The van der Waals surface area contributed by atoms with Gasteiger partial charge in [-0.25, -0.2) is 0 Å². The summed E-state index contributed by atoms with van der Waals surface area (Å²) >= 11 is 0. The van der Waals surface area contributed by atoms with Crippen LogP contribution in [0.4, 0.5) is 0 Å². The van der Waals surface area contributed by atoms with E-state index in [2.05, 4.69) is 11.2 Å². The molecule has 2 amide bonds. The summed E-state index contributed by atoms with van der Waals surface area (Å²) in [5.74, 6) is 1.23. The van der Waals surface area contributed by atoms with Gasteiger partial charge in [0.25, 0.3) is 0 Å². The Balaban J connectivity index is 0.000000449. The normalized spacial score (nSPS) is 9.17. The highest BCUT2D eigenvalue weighted by molar-refractivity contribution is 5.92. The van der Waals surface area contributed by atoms with E-state index in [-0.39, 0.29) is 6.42 Å². The number of carbonyl (C=O) groups excluding carboxylic acids is 3. The number of hydrogen-bond donors (Lipinski definition) is 4. The van der Waals surface area contributed by atoms with Crippen molar-refractivity contribution >= 4 is 18.3 Å². The van der Waals surface area contributed by atoms with Crippen LogP contribution in [0.5, 0.6) is 5.75 Å². The number of nitrogens with two attached hydrogens (primary N) is 3. The molecular weight excluding hydrogens is 316 g/mol. The van der Waals surface area contributed by atoms with E-state index in [1.165, 1.54) is 24.3 Å². The molecule has 7 N–H and O–H groups in total. The minimum Gasteiger partial charge on any atom is -0.380 e. The third-order valence-corrected chi connectivity index (χ3v) is 2.24. The highest BCUT2D eigenvalue weighted by Gasteiger charge is 2.20. The average molecular weight is 332 g/mol. The van der Waals surface area contributed by atoms with Crippen LogP contribution in [0.1, 0.15) is 16.8 Å². The Hall–Kier alpha value is -3.53. The van der Waals surface area contributed by atoms with Crippen LogP contribution in [0.25, 0.3) is 0 Å². The monoisotopic (exact) mass is 332 g/mol. The number of terminal acetylenes is 2. The second-order valence-corrected chi connectivity index (χ2v) is 4.18. The largest absolute Gasteiger partial charge is 0.380 e. The van der Waals surface area contributed by atoms with Gasteiger partial charge < -0.3 is 26.8 Å². The molecule has 0 heterocycles. The molecule has 0 radical (unpaired) electrons. The van der Waals surface area contributed by atoms with E-state index in [0.717, 1.165) is 0 Å². The molecule has 0 unspecified atom stereocenters. The smallest absolute Gasteiger partial charge is 0.324 e. The van der Waals surface area contributed by atoms with Crippen molar-refractivity contribution in [3.63, 3.8) is 0 Å². The highest BCUT2D eigenvalue weighted by Crippen LogP contribution is 2.10. The molecule has 0 fully saturated rings. The van der Waals surface area contributed by atoms with E-state index < -0.39 is 17.5 Å². The molecule has 0 aliphatic carbocycles. The third kappa shape index (κ3) is 8.69. The average Bonchev–Trinajstić information content (AvgIpc) is 2.53. The zero-order valence-electron chi connectivity index (χ0n) is 12.5. The number of amides is 2. The van der Waals surface area contributed by atoms with Gasteiger partial charge in [-0.2, -0.15) is 5.48 Å². The maximum absolute atomic E-state index is 10.6. The summed E-state index contributed by atoms with van der Waals surface area (Å²) in [6, 6.07) is 6.06. The molecule has 9 nitrogen and oxygen atoms in total. The SMILES string of the molecule is C#COC(=O)CC(N)(N)C#C.NC(=O)c1ccc(ONC=O)cc1. The van der Waals surface area contributed by atoms with Gasteiger partial charge in [-0.05, 0) is 24.3 Å². The Kier molecular flexibility index (Phi) is 8.73. The van der Waals surface area contributed by atoms with Crippen molar-refractivity contribution < 1.29 is 24.0 Å². The van der Waals surface area contributed by atoms with Gasteiger partial charge in [0.05, 0.1) is 6.42 Å². The van der Waals surface area contributed by atoms with Crippen molar-refractivity contribution in [3.05, 3.63) is 29.8 Å². The van der Waals surface area contributed by atoms with Gasteiger partial charge in [-0.15, -0.1) is 6.42 Å². The zero-order valence-corrected chi connectivity index (χ0v) is 12.5. The predicted octanol–water partition coefficient (Wildman–Crippen LogP) is -1.42. The molecule has 1 aromatic carbocycles. The third-order valence-electron chi connectivity index (χ3n) is 2.24. The van der Waals surface area contributed by atoms with Crippen molar-refractivity contribution in [2.24, 2.45) is 17.2 Å². The summed E-state index contributed by atoms with van der Waals surface area (Å²) in [5, 5.41) is 0. The Labute approximate surface area is 138 Å². The number of nitrogens with one attached hydrogen (secondary N) is 1. The molecule has 9 heteroatoms. The lowest BCUT2D eigenvalue weighted by molar-refractivity contribution is -0.137. The summed E-state index contributed by atoms with van der Waals surface area (Å²) in [5.41, 5.74) is 16.4. The fraction of sp³-hybridized carbons (Fsp3) is 0.133. The van der Waals surface area contributed by atoms with Crippen LogP contribution in [-0.2, 0) is 14.3 Å². The molecule has 0 aliphatic rings. The van der Waals surface area contributed by atoms with Gasteiger partial charge in [0.15, 0.2) is 5.75 Å². The van der Waals surface area contributed by atoms with Gasteiger partial charge in [-0.1, -0.05) is 12.3 Å². The summed E-state index contributed by atoms with van der Waals surface area (Å²) in [6.45, 7) is 0. The lowest BCUT2D eigenvalue weighted by atomic mass is 10.1. The Morgan fingerprint density at radius 1 is 1.25 bits per heavy atom. The van der Waals surface area contributed by atoms with Crippen LogP contribution in [0.2, 0.25) is 0 Å². The Morgan fingerprint density at radius 3 is 2.25 bits per heavy atom. The van der Waals surface area contributed by atoms with E-state index in [9.17, 15) is 14.4 Å². The molecule has 0 saturated heterocycles. The minimum atomic E-state index is -1.48. The number of carbonyl (C=O) groups is 3. The second-order valence-electron chi connectivity index (χ2n) is 4.18. The van der Waals surface area contributed by atoms with E-state index >= 15 is 0 Å². The van der Waals surface area contributed by atoms with Crippen LogP contribution < -0.4 is 27.5 Å². The lowest BCUT2D eigenvalue weighted by Gasteiger charge is -2.13. The van der Waals surface area contributed by atoms with Crippen molar-refractivity contribution in [3.8, 4) is 30.6 Å². The van der Waals surface area contributed by atoms with E-state index in [4.69, 9.17) is 28.5 Å². The molecule has 0 bridgehead atoms. The first kappa shape index (κ1) is 20.5. The molecule has 0 spiro atoms. The number of hydroxylamine groups is 1. The number of hydrogen-bond acceptors (Lipinski definition) is 7. The van der Waals surface area contributed by atoms with E-state index in [1.807, 2.05) is 11.4 Å².